The van der Waals surface area contributed by atoms with Gasteiger partial charge in [-0.1, -0.05) is 11.6 Å². The average Bonchev–Trinajstić information content (AvgIpc) is 3.15. The van der Waals surface area contributed by atoms with Crippen LogP contribution < -0.4 is 19.5 Å². The number of hydrogen-bond donors (Lipinski definition) is 3. The molecule has 1 unspecified atom stereocenters. The lowest BCUT2D eigenvalue weighted by atomic mass is 9.87. The number of aromatic nitrogens is 2. The summed E-state index contributed by atoms with van der Waals surface area (Å²) < 4.78 is 24.1. The third-order valence-corrected chi connectivity index (χ3v) is 7.03. The third-order valence-electron chi connectivity index (χ3n) is 6.03. The van der Waals surface area contributed by atoms with Gasteiger partial charge in [0.1, 0.15) is 17.1 Å². The molecule has 3 aromatic rings. The van der Waals surface area contributed by atoms with E-state index in [0.29, 0.717) is 35.9 Å². The molecule has 1 atom stereocenters. The summed E-state index contributed by atoms with van der Waals surface area (Å²) in [5.74, 6) is 1.14. The summed E-state index contributed by atoms with van der Waals surface area (Å²) >= 11 is 6.34. The first-order valence-electron chi connectivity index (χ1n) is 10.5. The van der Waals surface area contributed by atoms with Crippen LogP contribution in [0.3, 0.4) is 0 Å². The summed E-state index contributed by atoms with van der Waals surface area (Å²) in [5, 5.41) is 2.92. The molecule has 0 saturated carbocycles. The van der Waals surface area contributed by atoms with Crippen LogP contribution in [0, 0.1) is 0 Å². The van der Waals surface area contributed by atoms with Gasteiger partial charge in [-0.25, -0.2) is 14.6 Å². The molecule has 3 N–H and O–H groups in total. The fourth-order valence-corrected chi connectivity index (χ4v) is 5.50. The number of hydrogen-bond acceptors (Lipinski definition) is 5. The maximum Gasteiger partial charge on any atom is 0.400 e. The maximum absolute atomic E-state index is 11.4. The Morgan fingerprint density at radius 3 is 2.58 bits per heavy atom. The first kappa shape index (κ1) is 23.9. The zero-order valence-electron chi connectivity index (χ0n) is 18.9. The first-order valence-corrected chi connectivity index (χ1v) is 12.5. The number of nitrogens with one attached hydrogen (secondary N) is 1. The molecule has 1 aliphatic heterocycles. The highest BCUT2D eigenvalue weighted by atomic mass is 35.5. The summed E-state index contributed by atoms with van der Waals surface area (Å²) in [7, 11) is -1.12. The predicted molar refractivity (Wildman–Crippen MR) is 128 cm³/mol. The van der Waals surface area contributed by atoms with Gasteiger partial charge in [0.05, 0.1) is 24.9 Å². The molecule has 0 radical (unpaired) electrons. The number of methoxy groups -OCH3 is 2. The highest BCUT2D eigenvalue weighted by Gasteiger charge is 2.37. The smallest absolute Gasteiger partial charge is 0.400 e. The van der Waals surface area contributed by atoms with E-state index in [4.69, 9.17) is 26.1 Å². The van der Waals surface area contributed by atoms with Crippen molar-refractivity contribution in [2.45, 2.75) is 38.3 Å². The van der Waals surface area contributed by atoms with Crippen molar-refractivity contribution in [1.82, 2.24) is 14.5 Å². The van der Waals surface area contributed by atoms with E-state index in [1.165, 1.54) is 0 Å². The Morgan fingerprint density at radius 2 is 1.94 bits per heavy atom. The molecule has 9 nitrogen and oxygen atoms in total. The van der Waals surface area contributed by atoms with Crippen molar-refractivity contribution in [3.05, 3.63) is 41.7 Å². The number of imidazole rings is 1. The Balaban J connectivity index is 1.64. The highest BCUT2D eigenvalue weighted by molar-refractivity contribution is 7.49. The topological polar surface area (TPSA) is 109 Å². The van der Waals surface area contributed by atoms with E-state index in [-0.39, 0.29) is 11.6 Å². The number of ether oxygens (including phenoxy) is 2. The molecule has 0 spiro atoms. The fourth-order valence-electron chi connectivity index (χ4n) is 4.56. The highest BCUT2D eigenvalue weighted by Crippen LogP contribution is 2.40. The molecule has 0 bridgehead atoms. The van der Waals surface area contributed by atoms with E-state index >= 15 is 0 Å². The number of nitrogens with zero attached hydrogens (tertiary/aromatic N) is 3. The zero-order valence-corrected chi connectivity index (χ0v) is 20.6. The molecule has 1 fully saturated rings. The van der Waals surface area contributed by atoms with Crippen LogP contribution >= 0.6 is 19.3 Å². The van der Waals surface area contributed by atoms with E-state index in [0.717, 1.165) is 22.6 Å². The summed E-state index contributed by atoms with van der Waals surface area (Å²) in [6, 6.07) is 7.32. The van der Waals surface area contributed by atoms with Gasteiger partial charge in [-0.05, 0) is 38.8 Å². The van der Waals surface area contributed by atoms with E-state index in [9.17, 15) is 14.4 Å². The Morgan fingerprint density at radius 1 is 1.21 bits per heavy atom. The van der Waals surface area contributed by atoms with Gasteiger partial charge in [0.15, 0.2) is 0 Å². The zero-order chi connectivity index (χ0) is 24.0. The van der Waals surface area contributed by atoms with Crippen LogP contribution in [-0.2, 0) is 4.57 Å². The fraction of sp³-hybridized carbons (Fsp3) is 0.409. The van der Waals surface area contributed by atoms with Crippen LogP contribution in [-0.4, -0.2) is 51.5 Å². The predicted octanol–water partition coefficient (Wildman–Crippen LogP) is 4.10. The number of rotatable bonds is 6. The second kappa shape index (κ2) is 8.81. The van der Waals surface area contributed by atoms with Crippen LogP contribution in [0.4, 0.5) is 5.69 Å². The number of anilines is 1. The van der Waals surface area contributed by atoms with E-state index in [1.807, 2.05) is 28.9 Å². The Kier molecular flexibility index (Phi) is 6.37. The molecule has 33 heavy (non-hydrogen) atoms. The first-order chi connectivity index (χ1) is 15.5. The molecule has 0 amide bonds. The number of benzene rings is 1. The lowest BCUT2D eigenvalue weighted by Crippen LogP contribution is -2.54. The summed E-state index contributed by atoms with van der Waals surface area (Å²) in [6.45, 7) is 4.81. The maximum atomic E-state index is 11.4. The molecule has 178 valence electrons. The van der Waals surface area contributed by atoms with Crippen molar-refractivity contribution in [1.29, 1.82) is 0 Å². The van der Waals surface area contributed by atoms with E-state index in [1.54, 1.807) is 26.4 Å². The number of piperidine rings is 1. The van der Waals surface area contributed by atoms with Gasteiger partial charge >= 0.3 is 7.75 Å². The van der Waals surface area contributed by atoms with E-state index < -0.39 is 7.75 Å². The summed E-state index contributed by atoms with van der Waals surface area (Å²) in [5.41, 5.74) is 2.95. The van der Waals surface area contributed by atoms with Crippen molar-refractivity contribution in [3.63, 3.8) is 0 Å². The second-order valence-electron chi connectivity index (χ2n) is 8.79. The van der Waals surface area contributed by atoms with Gasteiger partial charge in [-0.15, -0.1) is 0 Å². The number of pyridine rings is 1. The van der Waals surface area contributed by atoms with Gasteiger partial charge in [-0.3, -0.25) is 0 Å². The average molecular weight is 495 g/mol. The Hall–Kier alpha value is -2.29. The van der Waals surface area contributed by atoms with Crippen LogP contribution in [0.25, 0.3) is 16.9 Å². The molecule has 0 aliphatic carbocycles. The van der Waals surface area contributed by atoms with Crippen molar-refractivity contribution in [3.8, 4) is 22.8 Å². The molecule has 2 aromatic heterocycles. The minimum absolute atomic E-state index is 0.244. The van der Waals surface area contributed by atoms with Crippen LogP contribution in [0.2, 0.25) is 5.02 Å². The number of fused-ring (bicyclic) bond motifs is 1. The minimum atomic E-state index is -4.27. The van der Waals surface area contributed by atoms with Gasteiger partial charge in [0, 0.05) is 53.9 Å². The molecular formula is C22H28ClN4O5P. The molecule has 4 rings (SSSR count). The van der Waals surface area contributed by atoms with Crippen molar-refractivity contribution in [2.24, 2.45) is 0 Å². The largest absolute Gasteiger partial charge is 0.496 e. The third kappa shape index (κ3) is 4.98. The van der Waals surface area contributed by atoms with Crippen molar-refractivity contribution in [2.75, 3.05) is 25.7 Å². The normalized spacial score (nSPS) is 18.5. The van der Waals surface area contributed by atoms with Gasteiger partial charge in [-0.2, -0.15) is 0 Å². The van der Waals surface area contributed by atoms with Crippen LogP contribution in [0.15, 0.2) is 36.7 Å². The molecule has 1 aliphatic rings. The lowest BCUT2D eigenvalue weighted by Gasteiger charge is -2.47. The second-order valence-corrected chi connectivity index (χ2v) is 10.5. The minimum Gasteiger partial charge on any atom is -0.496 e. The lowest BCUT2D eigenvalue weighted by molar-refractivity contribution is 0.286. The summed E-state index contributed by atoms with van der Waals surface area (Å²) in [4.78, 5) is 25.6. The van der Waals surface area contributed by atoms with Gasteiger partial charge in [0.25, 0.3) is 0 Å². The van der Waals surface area contributed by atoms with Crippen LogP contribution in [0.1, 0.15) is 26.7 Å². The molecular weight excluding hydrogens is 467 g/mol. The Labute approximate surface area is 197 Å². The van der Waals surface area contributed by atoms with Gasteiger partial charge in [0.2, 0.25) is 0 Å². The quantitative estimate of drug-likeness (QED) is 0.439. The van der Waals surface area contributed by atoms with Crippen molar-refractivity contribution >= 4 is 30.7 Å². The molecule has 1 aromatic carbocycles. The molecule has 1 saturated heterocycles. The van der Waals surface area contributed by atoms with E-state index in [2.05, 4.69) is 23.8 Å². The monoisotopic (exact) mass is 494 g/mol. The van der Waals surface area contributed by atoms with Crippen molar-refractivity contribution < 1.29 is 23.8 Å². The van der Waals surface area contributed by atoms with Crippen LogP contribution in [0.5, 0.6) is 11.5 Å². The SMILES string of the molecule is COc1cc(OC)c(-c2cn3ccc(N4CCC(NP(=O)(O)O)CC4(C)C)cc3n2)cc1Cl. The van der Waals surface area contributed by atoms with Gasteiger partial charge < -0.3 is 28.6 Å². The molecule has 11 heteroatoms. The molecule has 3 heterocycles. The summed E-state index contributed by atoms with van der Waals surface area (Å²) in [6.07, 6.45) is 5.10. The Bertz CT molecular complexity index is 1220. The number of halogens is 1. The standard InChI is InChI=1S/C22H28ClN4O5P/c1-22(2)12-14(25-33(28,29)30)5-8-27(22)15-6-7-26-13-18(24-21(26)9-15)16-10-17(23)20(32-4)11-19(16)31-3/h6-7,9-11,13-14H,5,8,12H2,1-4H3,(H3,25,28,29,30).